The molecular weight excluding hydrogens is 460 g/mol. The number of hydrogen-bond acceptors (Lipinski definition) is 6. The maximum Gasteiger partial charge on any atom is 0.306 e. The zero-order valence-electron chi connectivity index (χ0n) is 24.1. The largest absolute Gasteiger partial charge is 0.634 e. The van der Waals surface area contributed by atoms with Gasteiger partial charge in [0.1, 0.15) is 12.2 Å². The SMILES string of the molecule is CC1(C)CC(OC(=O)CCCCCCCCC(=O)OC2CC(C)(C)[NH+]([O-])C(C)(C)C2)CC(C)(C)[NH+]1[O-]. The second-order valence-corrected chi connectivity index (χ2v) is 13.9. The van der Waals surface area contributed by atoms with Gasteiger partial charge in [-0.1, -0.05) is 25.7 Å². The molecule has 0 bridgehead atoms. The fourth-order valence-electron chi connectivity index (χ4n) is 6.53. The van der Waals surface area contributed by atoms with Crippen LogP contribution in [0.1, 0.15) is 132 Å². The highest BCUT2D eigenvalue weighted by atomic mass is 16.6. The smallest absolute Gasteiger partial charge is 0.306 e. The minimum Gasteiger partial charge on any atom is -0.634 e. The van der Waals surface area contributed by atoms with Gasteiger partial charge in [0.15, 0.2) is 0 Å². The Morgan fingerprint density at radius 2 is 0.833 bits per heavy atom. The molecule has 2 aliphatic rings. The van der Waals surface area contributed by atoms with Crippen molar-refractivity contribution in [2.45, 2.75) is 167 Å². The van der Waals surface area contributed by atoms with Crippen molar-refractivity contribution in [2.24, 2.45) is 0 Å². The molecule has 2 fully saturated rings. The Hall–Kier alpha value is -1.22. The second-order valence-electron chi connectivity index (χ2n) is 13.9. The van der Waals surface area contributed by atoms with Crippen LogP contribution in [0.5, 0.6) is 0 Å². The van der Waals surface area contributed by atoms with E-state index in [1.165, 1.54) is 0 Å². The third-order valence-corrected chi connectivity index (χ3v) is 8.02. The van der Waals surface area contributed by atoms with Crippen LogP contribution in [0.3, 0.4) is 0 Å². The molecule has 0 aromatic carbocycles. The van der Waals surface area contributed by atoms with Gasteiger partial charge in [-0.2, -0.15) is 0 Å². The van der Waals surface area contributed by atoms with Crippen LogP contribution in [0.15, 0.2) is 0 Å². The number of piperidine rings is 2. The summed E-state index contributed by atoms with van der Waals surface area (Å²) in [7, 11) is 0. The maximum atomic E-state index is 12.5. The summed E-state index contributed by atoms with van der Waals surface area (Å²) in [6.07, 6.45) is 8.38. The Balaban J connectivity index is 1.54. The maximum absolute atomic E-state index is 12.5. The predicted molar refractivity (Wildman–Crippen MR) is 140 cm³/mol. The van der Waals surface area contributed by atoms with E-state index in [1.807, 2.05) is 55.4 Å². The fourth-order valence-corrected chi connectivity index (χ4v) is 6.53. The summed E-state index contributed by atoms with van der Waals surface area (Å²) in [4.78, 5) is 24.6. The average molecular weight is 513 g/mol. The van der Waals surface area contributed by atoms with Crippen LogP contribution in [0, 0.1) is 10.4 Å². The van der Waals surface area contributed by atoms with Gasteiger partial charge in [0, 0.05) is 38.5 Å². The molecule has 8 nitrogen and oxygen atoms in total. The Bertz CT molecular complexity index is 650. The first kappa shape index (κ1) is 31.0. The van der Waals surface area contributed by atoms with E-state index in [2.05, 4.69) is 0 Å². The topological polar surface area (TPSA) is 108 Å². The van der Waals surface area contributed by atoms with Crippen LogP contribution >= 0.6 is 0 Å². The molecule has 0 spiro atoms. The number of rotatable bonds is 11. The molecule has 8 heteroatoms. The van der Waals surface area contributed by atoms with E-state index in [-0.39, 0.29) is 34.3 Å². The average Bonchev–Trinajstić information content (AvgIpc) is 2.71. The van der Waals surface area contributed by atoms with Gasteiger partial charge in [-0.05, 0) is 68.2 Å². The van der Waals surface area contributed by atoms with Crippen LogP contribution in [0.25, 0.3) is 0 Å². The number of unbranched alkanes of at least 4 members (excludes halogenated alkanes) is 5. The van der Waals surface area contributed by atoms with Crippen LogP contribution in [-0.4, -0.2) is 46.3 Å². The van der Waals surface area contributed by atoms with Crippen LogP contribution in [0.2, 0.25) is 0 Å². The lowest BCUT2D eigenvalue weighted by Crippen LogP contribution is -3.23. The Labute approximate surface area is 218 Å². The van der Waals surface area contributed by atoms with Gasteiger partial charge in [-0.15, -0.1) is 0 Å². The van der Waals surface area contributed by atoms with Gasteiger partial charge >= 0.3 is 11.9 Å². The normalized spacial score (nSPS) is 30.4. The molecule has 0 aliphatic carbocycles. The van der Waals surface area contributed by atoms with Gasteiger partial charge in [-0.25, -0.2) is 0 Å². The van der Waals surface area contributed by atoms with Crippen molar-refractivity contribution in [1.82, 2.24) is 0 Å². The van der Waals surface area contributed by atoms with E-state index in [1.54, 1.807) is 0 Å². The van der Waals surface area contributed by atoms with E-state index in [9.17, 15) is 20.0 Å². The highest BCUT2D eigenvalue weighted by molar-refractivity contribution is 5.69. The van der Waals surface area contributed by atoms with E-state index in [0.717, 1.165) is 38.5 Å². The van der Waals surface area contributed by atoms with E-state index in [0.29, 0.717) is 38.5 Å². The van der Waals surface area contributed by atoms with Crippen molar-refractivity contribution in [2.75, 3.05) is 0 Å². The molecule has 2 saturated heterocycles. The molecule has 0 unspecified atom stereocenters. The number of carbonyl (C=O) groups is 2. The van der Waals surface area contributed by atoms with Gasteiger partial charge in [-0.3, -0.25) is 9.59 Å². The van der Waals surface area contributed by atoms with Crippen molar-refractivity contribution >= 4 is 11.9 Å². The third-order valence-electron chi connectivity index (χ3n) is 8.02. The third kappa shape index (κ3) is 8.67. The highest BCUT2D eigenvalue weighted by Crippen LogP contribution is 2.27. The first-order chi connectivity index (χ1) is 16.5. The molecule has 0 aromatic heterocycles. The Morgan fingerprint density at radius 3 is 1.11 bits per heavy atom. The summed E-state index contributed by atoms with van der Waals surface area (Å²) in [6.45, 7) is 15.5. The number of hydrogen-bond donors (Lipinski definition) is 2. The molecule has 2 heterocycles. The van der Waals surface area contributed by atoms with Crippen molar-refractivity contribution < 1.29 is 29.2 Å². The van der Waals surface area contributed by atoms with Crippen LogP contribution in [-0.2, 0) is 19.1 Å². The summed E-state index contributed by atoms with van der Waals surface area (Å²) in [5.41, 5.74) is -1.83. The van der Waals surface area contributed by atoms with Gasteiger partial charge in [0.2, 0.25) is 0 Å². The lowest BCUT2D eigenvalue weighted by Gasteiger charge is -2.54. The molecule has 2 N–H and O–H groups in total. The number of esters is 2. The Morgan fingerprint density at radius 1 is 0.583 bits per heavy atom. The number of hydroxylamine groups is 4. The molecule has 36 heavy (non-hydrogen) atoms. The quantitative estimate of drug-likeness (QED) is 0.250. The first-order valence-electron chi connectivity index (χ1n) is 14.0. The standard InChI is InChI=1S/C28H52N2O6/c1-25(2)17-21(18-26(3,4)29(25)33)35-23(31)15-13-11-9-10-12-14-16-24(32)36-22-19-27(5,6)30(34)28(7,8)20-22/h21-22,29-30H,9-20H2,1-8H3. The second kappa shape index (κ2) is 12.1. The molecular formula is C28H52N2O6. The zero-order chi connectivity index (χ0) is 27.4. The number of quaternary nitrogens is 2. The molecule has 210 valence electrons. The van der Waals surface area contributed by atoms with E-state index in [4.69, 9.17) is 9.47 Å². The molecule has 0 atom stereocenters. The van der Waals surface area contributed by atoms with Crippen molar-refractivity contribution in [3.8, 4) is 0 Å². The molecule has 0 radical (unpaired) electrons. The zero-order valence-corrected chi connectivity index (χ0v) is 24.1. The number of nitrogens with one attached hydrogen (secondary N) is 2. The van der Waals surface area contributed by atoms with Crippen molar-refractivity contribution in [1.29, 1.82) is 0 Å². The van der Waals surface area contributed by atoms with Gasteiger partial charge in [0.05, 0.1) is 22.2 Å². The predicted octanol–water partition coefficient (Wildman–Crippen LogP) is 3.40. The minimum absolute atomic E-state index is 0.167. The van der Waals surface area contributed by atoms with Gasteiger partial charge in [0.25, 0.3) is 0 Å². The number of carbonyl (C=O) groups excluding carboxylic acids is 2. The molecule has 2 aliphatic heterocycles. The Kier molecular flexibility index (Phi) is 10.4. The summed E-state index contributed by atoms with van der Waals surface area (Å²) >= 11 is 0. The van der Waals surface area contributed by atoms with Crippen molar-refractivity contribution in [3.63, 3.8) is 0 Å². The summed E-state index contributed by atoms with van der Waals surface area (Å²) in [6, 6.07) is 0. The first-order valence-corrected chi connectivity index (χ1v) is 14.0. The van der Waals surface area contributed by atoms with Crippen molar-refractivity contribution in [3.05, 3.63) is 10.4 Å². The lowest BCUT2D eigenvalue weighted by molar-refractivity contribution is -0.956. The summed E-state index contributed by atoms with van der Waals surface area (Å²) < 4.78 is 11.4. The highest BCUT2D eigenvalue weighted by Gasteiger charge is 2.47. The molecule has 0 amide bonds. The minimum atomic E-state index is -0.457. The molecule has 2 rings (SSSR count). The van der Waals surface area contributed by atoms with Gasteiger partial charge < -0.3 is 30.0 Å². The number of ether oxygens (including phenoxy) is 2. The summed E-state index contributed by atoms with van der Waals surface area (Å²) in [5, 5.41) is 25.5. The lowest BCUT2D eigenvalue weighted by atomic mass is 9.80. The molecule has 0 saturated carbocycles. The fraction of sp³-hybridized carbons (Fsp3) is 0.929. The van der Waals surface area contributed by atoms with E-state index < -0.39 is 22.2 Å². The monoisotopic (exact) mass is 512 g/mol. The summed E-state index contributed by atoms with van der Waals surface area (Å²) in [5.74, 6) is -0.334. The van der Waals surface area contributed by atoms with Crippen LogP contribution < -0.4 is 10.1 Å². The molecule has 0 aromatic rings. The van der Waals surface area contributed by atoms with Crippen LogP contribution in [0.4, 0.5) is 0 Å². The van der Waals surface area contributed by atoms with E-state index >= 15 is 0 Å².